The molecule has 6 nitrogen and oxygen atoms in total. The highest BCUT2D eigenvalue weighted by Crippen LogP contribution is 2.27. The lowest BCUT2D eigenvalue weighted by Crippen LogP contribution is -2.20. The van der Waals surface area contributed by atoms with Gasteiger partial charge in [0.1, 0.15) is 17.2 Å². The van der Waals surface area contributed by atoms with E-state index in [0.29, 0.717) is 39.8 Å². The fourth-order valence-electron chi connectivity index (χ4n) is 1.96. The highest BCUT2D eigenvalue weighted by atomic mass is 35.5. The van der Waals surface area contributed by atoms with Gasteiger partial charge in [0.25, 0.3) is 5.91 Å². The van der Waals surface area contributed by atoms with Crippen LogP contribution in [-0.4, -0.2) is 33.0 Å². The van der Waals surface area contributed by atoms with Gasteiger partial charge in [0.15, 0.2) is 12.9 Å². The summed E-state index contributed by atoms with van der Waals surface area (Å²) in [5.74, 6) is 0.958. The molecule has 0 aromatic heterocycles. The predicted molar refractivity (Wildman–Crippen MR) is 90.5 cm³/mol. The molecule has 126 valence electrons. The molecule has 0 aliphatic carbocycles. The largest absolute Gasteiger partial charge is 0.497 e. The van der Waals surface area contributed by atoms with Crippen molar-refractivity contribution in [3.8, 4) is 17.2 Å². The summed E-state index contributed by atoms with van der Waals surface area (Å²) >= 11 is 6.00. The molecule has 0 atom stereocenters. The van der Waals surface area contributed by atoms with E-state index in [9.17, 15) is 9.59 Å². The van der Waals surface area contributed by atoms with E-state index in [1.165, 1.54) is 20.3 Å². The third-order valence-corrected chi connectivity index (χ3v) is 3.43. The van der Waals surface area contributed by atoms with Crippen LogP contribution in [0.2, 0.25) is 5.02 Å². The quantitative estimate of drug-likeness (QED) is 0.777. The summed E-state index contributed by atoms with van der Waals surface area (Å²) in [5, 5.41) is 3.03. The molecule has 0 unspecified atom stereocenters. The fourth-order valence-corrected chi connectivity index (χ4v) is 2.22. The molecule has 1 amide bonds. The third kappa shape index (κ3) is 4.39. The van der Waals surface area contributed by atoms with Gasteiger partial charge in [-0.3, -0.25) is 9.59 Å². The monoisotopic (exact) mass is 349 g/mol. The van der Waals surface area contributed by atoms with Gasteiger partial charge in [0.2, 0.25) is 0 Å². The zero-order chi connectivity index (χ0) is 17.5. The normalized spacial score (nSPS) is 9.96. The van der Waals surface area contributed by atoms with E-state index in [2.05, 4.69) is 5.32 Å². The summed E-state index contributed by atoms with van der Waals surface area (Å²) in [7, 11) is 3.00. The van der Waals surface area contributed by atoms with Crippen molar-refractivity contribution in [2.45, 2.75) is 0 Å². The second-order valence-corrected chi connectivity index (χ2v) is 5.11. The van der Waals surface area contributed by atoms with Gasteiger partial charge in [-0.15, -0.1) is 0 Å². The van der Waals surface area contributed by atoms with Crippen molar-refractivity contribution >= 4 is 29.5 Å². The topological polar surface area (TPSA) is 73.9 Å². The first-order chi connectivity index (χ1) is 11.6. The Bertz CT molecular complexity index is 748. The number of ether oxygens (including phenoxy) is 3. The number of carbonyl (C=O) groups excluding carboxylic acids is 2. The second kappa shape index (κ2) is 8.21. The van der Waals surface area contributed by atoms with Crippen molar-refractivity contribution in [1.82, 2.24) is 0 Å². The van der Waals surface area contributed by atoms with Gasteiger partial charge in [-0.2, -0.15) is 0 Å². The van der Waals surface area contributed by atoms with E-state index in [0.717, 1.165) is 0 Å². The molecule has 24 heavy (non-hydrogen) atoms. The van der Waals surface area contributed by atoms with Crippen LogP contribution in [-0.2, 0) is 4.79 Å². The molecule has 0 bridgehead atoms. The second-order valence-electron chi connectivity index (χ2n) is 4.71. The number of rotatable bonds is 7. The summed E-state index contributed by atoms with van der Waals surface area (Å²) < 4.78 is 15.5. The molecular weight excluding hydrogens is 334 g/mol. The Hall–Kier alpha value is -2.73. The predicted octanol–water partition coefficient (Wildman–Crippen LogP) is 3.19. The molecule has 0 saturated heterocycles. The van der Waals surface area contributed by atoms with Crippen LogP contribution in [0.3, 0.4) is 0 Å². The molecule has 2 aromatic rings. The zero-order valence-corrected chi connectivity index (χ0v) is 13.9. The Balaban J connectivity index is 1.98. The highest BCUT2D eigenvalue weighted by molar-refractivity contribution is 6.32. The van der Waals surface area contributed by atoms with Crippen LogP contribution in [0.1, 0.15) is 10.4 Å². The summed E-state index contributed by atoms with van der Waals surface area (Å²) in [4.78, 5) is 23.0. The number of anilines is 1. The van der Waals surface area contributed by atoms with E-state index >= 15 is 0 Å². The lowest BCUT2D eigenvalue weighted by molar-refractivity contribution is -0.118. The van der Waals surface area contributed by atoms with Gasteiger partial charge in [-0.25, -0.2) is 0 Å². The molecule has 7 heteroatoms. The smallest absolute Gasteiger partial charge is 0.262 e. The number of hydrogen-bond donors (Lipinski definition) is 1. The Kier molecular flexibility index (Phi) is 6.03. The highest BCUT2D eigenvalue weighted by Gasteiger charge is 2.09. The molecule has 0 aliphatic heterocycles. The minimum absolute atomic E-state index is 0.253. The number of benzene rings is 2. The first kappa shape index (κ1) is 17.6. The number of amides is 1. The molecule has 0 fully saturated rings. The van der Waals surface area contributed by atoms with Gasteiger partial charge in [-0.05, 0) is 36.4 Å². The molecule has 1 N–H and O–H groups in total. The van der Waals surface area contributed by atoms with Gasteiger partial charge in [0.05, 0.1) is 24.8 Å². The molecular formula is C17H16ClNO5. The van der Waals surface area contributed by atoms with Crippen molar-refractivity contribution in [3.05, 3.63) is 47.0 Å². The minimum Gasteiger partial charge on any atom is -0.497 e. The minimum atomic E-state index is -0.385. The zero-order valence-electron chi connectivity index (χ0n) is 13.2. The first-order valence-corrected chi connectivity index (χ1v) is 7.34. The Morgan fingerprint density at radius 2 is 1.88 bits per heavy atom. The molecule has 0 heterocycles. The molecule has 0 saturated carbocycles. The number of hydrogen-bond acceptors (Lipinski definition) is 5. The number of methoxy groups -OCH3 is 2. The summed E-state index contributed by atoms with van der Waals surface area (Å²) in [5.41, 5.74) is 0.814. The Morgan fingerprint density at radius 1 is 1.12 bits per heavy atom. The van der Waals surface area contributed by atoms with Crippen molar-refractivity contribution in [3.63, 3.8) is 0 Å². The van der Waals surface area contributed by atoms with Crippen molar-refractivity contribution in [2.75, 3.05) is 26.1 Å². The van der Waals surface area contributed by atoms with Gasteiger partial charge < -0.3 is 19.5 Å². The molecule has 0 radical (unpaired) electrons. The SMILES string of the molecule is COc1ccc(OCC(=O)Nc2ccc(OC)c(Cl)c2)c(C=O)c1. The van der Waals surface area contributed by atoms with Crippen LogP contribution in [0.25, 0.3) is 0 Å². The summed E-state index contributed by atoms with van der Waals surface area (Å²) in [6, 6.07) is 9.62. The van der Waals surface area contributed by atoms with Crippen LogP contribution < -0.4 is 19.5 Å². The molecule has 0 spiro atoms. The Morgan fingerprint density at radius 3 is 2.50 bits per heavy atom. The van der Waals surface area contributed by atoms with E-state index in [4.69, 9.17) is 25.8 Å². The van der Waals surface area contributed by atoms with Gasteiger partial charge in [0, 0.05) is 5.69 Å². The van der Waals surface area contributed by atoms with E-state index in [1.54, 1.807) is 30.3 Å². The number of carbonyl (C=O) groups is 2. The number of halogens is 1. The fraction of sp³-hybridized carbons (Fsp3) is 0.176. The summed E-state index contributed by atoms with van der Waals surface area (Å²) in [6.07, 6.45) is 0.638. The van der Waals surface area contributed by atoms with E-state index in [-0.39, 0.29) is 12.5 Å². The van der Waals surface area contributed by atoms with Gasteiger partial charge in [-0.1, -0.05) is 11.6 Å². The van der Waals surface area contributed by atoms with Crippen LogP contribution in [0, 0.1) is 0 Å². The van der Waals surface area contributed by atoms with Crippen LogP contribution in [0.4, 0.5) is 5.69 Å². The van der Waals surface area contributed by atoms with Gasteiger partial charge >= 0.3 is 0 Å². The van der Waals surface area contributed by atoms with Crippen LogP contribution in [0.15, 0.2) is 36.4 Å². The average molecular weight is 350 g/mol. The number of nitrogens with one attached hydrogen (secondary N) is 1. The maximum absolute atomic E-state index is 12.0. The summed E-state index contributed by atoms with van der Waals surface area (Å²) in [6.45, 7) is -0.253. The Labute approximate surface area is 144 Å². The third-order valence-electron chi connectivity index (χ3n) is 3.14. The lowest BCUT2D eigenvalue weighted by atomic mass is 10.2. The standard InChI is InChI=1S/C17H16ClNO5/c1-22-13-4-6-15(11(7-13)9-20)24-10-17(21)19-12-3-5-16(23-2)14(18)8-12/h3-9H,10H2,1-2H3,(H,19,21). The first-order valence-electron chi connectivity index (χ1n) is 6.96. The molecule has 2 rings (SSSR count). The van der Waals surface area contributed by atoms with Crippen molar-refractivity contribution < 1.29 is 23.8 Å². The molecule has 0 aliphatic rings. The lowest BCUT2D eigenvalue weighted by Gasteiger charge is -2.11. The van der Waals surface area contributed by atoms with E-state index < -0.39 is 0 Å². The molecule has 2 aromatic carbocycles. The van der Waals surface area contributed by atoms with Crippen LogP contribution >= 0.6 is 11.6 Å². The number of aldehydes is 1. The van der Waals surface area contributed by atoms with Crippen molar-refractivity contribution in [1.29, 1.82) is 0 Å². The van der Waals surface area contributed by atoms with Crippen molar-refractivity contribution in [2.24, 2.45) is 0 Å². The maximum atomic E-state index is 12.0. The maximum Gasteiger partial charge on any atom is 0.262 e. The van der Waals surface area contributed by atoms with Crippen LogP contribution in [0.5, 0.6) is 17.2 Å². The average Bonchev–Trinajstić information content (AvgIpc) is 2.60. The van der Waals surface area contributed by atoms with E-state index in [1.807, 2.05) is 0 Å².